The number of aliphatic hydroxyl groups is 1. The Labute approximate surface area is 101 Å². The zero-order valence-corrected chi connectivity index (χ0v) is 10.1. The van der Waals surface area contributed by atoms with Crippen LogP contribution in [0.3, 0.4) is 0 Å². The zero-order chi connectivity index (χ0) is 12.3. The molecule has 1 heterocycles. The SMILES string of the molecule is CCc1ccc(C(O)c2ncc(C)cn2)cc1. The molecule has 17 heavy (non-hydrogen) atoms. The van der Waals surface area contributed by atoms with E-state index in [9.17, 15) is 5.11 Å². The van der Waals surface area contributed by atoms with Gasteiger partial charge >= 0.3 is 0 Å². The van der Waals surface area contributed by atoms with Gasteiger partial charge < -0.3 is 5.11 Å². The molecule has 0 aliphatic carbocycles. The van der Waals surface area contributed by atoms with Gasteiger partial charge in [-0.05, 0) is 30.0 Å². The summed E-state index contributed by atoms with van der Waals surface area (Å²) in [7, 11) is 0. The molecule has 3 nitrogen and oxygen atoms in total. The Morgan fingerprint density at radius 2 is 1.71 bits per heavy atom. The quantitative estimate of drug-likeness (QED) is 0.877. The first kappa shape index (κ1) is 11.7. The maximum atomic E-state index is 10.1. The average molecular weight is 228 g/mol. The van der Waals surface area contributed by atoms with Gasteiger partial charge in [0.1, 0.15) is 6.10 Å². The summed E-state index contributed by atoms with van der Waals surface area (Å²) in [6.07, 6.45) is 3.68. The first-order chi connectivity index (χ1) is 8.20. The zero-order valence-electron chi connectivity index (χ0n) is 10.1. The van der Waals surface area contributed by atoms with Crippen molar-refractivity contribution in [2.75, 3.05) is 0 Å². The molecule has 2 rings (SSSR count). The molecule has 0 bridgehead atoms. The van der Waals surface area contributed by atoms with Gasteiger partial charge in [-0.2, -0.15) is 0 Å². The summed E-state index contributed by atoms with van der Waals surface area (Å²) < 4.78 is 0. The molecule has 1 aromatic carbocycles. The Bertz CT molecular complexity index is 477. The summed E-state index contributed by atoms with van der Waals surface area (Å²) in [4.78, 5) is 8.27. The predicted molar refractivity (Wildman–Crippen MR) is 66.7 cm³/mol. The fraction of sp³-hybridized carbons (Fsp3) is 0.286. The van der Waals surface area contributed by atoms with Crippen LogP contribution in [0.5, 0.6) is 0 Å². The highest BCUT2D eigenvalue weighted by Crippen LogP contribution is 2.19. The van der Waals surface area contributed by atoms with Crippen molar-refractivity contribution >= 4 is 0 Å². The van der Waals surface area contributed by atoms with Crippen LogP contribution in [-0.4, -0.2) is 15.1 Å². The van der Waals surface area contributed by atoms with Crippen molar-refractivity contribution in [2.45, 2.75) is 26.4 Å². The molecule has 1 unspecified atom stereocenters. The summed E-state index contributed by atoms with van der Waals surface area (Å²) >= 11 is 0. The van der Waals surface area contributed by atoms with E-state index in [1.54, 1.807) is 12.4 Å². The fourth-order valence-electron chi connectivity index (χ4n) is 1.63. The summed E-state index contributed by atoms with van der Waals surface area (Å²) in [6, 6.07) is 7.89. The highest BCUT2D eigenvalue weighted by atomic mass is 16.3. The molecule has 0 spiro atoms. The van der Waals surface area contributed by atoms with Crippen molar-refractivity contribution in [3.8, 4) is 0 Å². The van der Waals surface area contributed by atoms with Crippen LogP contribution in [0.1, 0.15) is 35.5 Å². The number of aryl methyl sites for hydroxylation is 2. The van der Waals surface area contributed by atoms with Crippen molar-refractivity contribution in [1.82, 2.24) is 9.97 Å². The molecule has 0 fully saturated rings. The van der Waals surface area contributed by atoms with Crippen molar-refractivity contribution in [1.29, 1.82) is 0 Å². The Balaban J connectivity index is 2.23. The third kappa shape index (κ3) is 2.68. The summed E-state index contributed by atoms with van der Waals surface area (Å²) in [6.45, 7) is 4.03. The average Bonchev–Trinajstić information content (AvgIpc) is 2.39. The Morgan fingerprint density at radius 3 is 2.24 bits per heavy atom. The highest BCUT2D eigenvalue weighted by Gasteiger charge is 2.12. The van der Waals surface area contributed by atoms with Gasteiger partial charge in [-0.25, -0.2) is 9.97 Å². The Hall–Kier alpha value is -1.74. The van der Waals surface area contributed by atoms with Crippen LogP contribution < -0.4 is 0 Å². The van der Waals surface area contributed by atoms with Crippen LogP contribution >= 0.6 is 0 Å². The molecule has 0 aliphatic rings. The van der Waals surface area contributed by atoms with E-state index in [1.807, 2.05) is 31.2 Å². The van der Waals surface area contributed by atoms with E-state index in [0.717, 1.165) is 17.5 Å². The lowest BCUT2D eigenvalue weighted by atomic mass is 10.1. The predicted octanol–water partition coefficient (Wildman–Crippen LogP) is 2.43. The lowest BCUT2D eigenvalue weighted by Gasteiger charge is -2.10. The van der Waals surface area contributed by atoms with E-state index in [1.165, 1.54) is 5.56 Å². The highest BCUT2D eigenvalue weighted by molar-refractivity contribution is 5.27. The monoisotopic (exact) mass is 228 g/mol. The summed E-state index contributed by atoms with van der Waals surface area (Å²) in [5.41, 5.74) is 3.07. The lowest BCUT2D eigenvalue weighted by molar-refractivity contribution is 0.209. The minimum absolute atomic E-state index is 0.444. The summed E-state index contributed by atoms with van der Waals surface area (Å²) in [5, 5.41) is 10.1. The molecule has 0 saturated heterocycles. The first-order valence-corrected chi connectivity index (χ1v) is 5.76. The second-order valence-electron chi connectivity index (χ2n) is 4.12. The second kappa shape index (κ2) is 5.06. The minimum atomic E-state index is -0.749. The largest absolute Gasteiger partial charge is 0.380 e. The number of hydrogen-bond donors (Lipinski definition) is 1. The molecule has 1 aromatic heterocycles. The van der Waals surface area contributed by atoms with Crippen molar-refractivity contribution in [3.63, 3.8) is 0 Å². The number of benzene rings is 1. The van der Waals surface area contributed by atoms with Gasteiger partial charge in [-0.1, -0.05) is 31.2 Å². The third-order valence-electron chi connectivity index (χ3n) is 2.75. The van der Waals surface area contributed by atoms with E-state index in [0.29, 0.717) is 5.82 Å². The molecule has 3 heteroatoms. The Morgan fingerprint density at radius 1 is 1.12 bits per heavy atom. The normalized spacial score (nSPS) is 12.4. The van der Waals surface area contributed by atoms with Gasteiger partial charge in [0.2, 0.25) is 0 Å². The van der Waals surface area contributed by atoms with E-state index < -0.39 is 6.10 Å². The standard InChI is InChI=1S/C14H16N2O/c1-3-11-4-6-12(7-5-11)13(17)14-15-8-10(2)9-16-14/h4-9,13,17H,3H2,1-2H3. The van der Waals surface area contributed by atoms with E-state index in [-0.39, 0.29) is 0 Å². The number of hydrogen-bond acceptors (Lipinski definition) is 3. The van der Waals surface area contributed by atoms with Crippen LogP contribution in [0.2, 0.25) is 0 Å². The lowest BCUT2D eigenvalue weighted by Crippen LogP contribution is -2.05. The molecule has 0 saturated carbocycles. The Kier molecular flexibility index (Phi) is 3.49. The molecule has 88 valence electrons. The van der Waals surface area contributed by atoms with Gasteiger partial charge in [0.25, 0.3) is 0 Å². The van der Waals surface area contributed by atoms with Gasteiger partial charge in [-0.3, -0.25) is 0 Å². The maximum absolute atomic E-state index is 10.1. The molecule has 2 aromatic rings. The number of nitrogens with zero attached hydrogens (tertiary/aromatic N) is 2. The number of aliphatic hydroxyl groups excluding tert-OH is 1. The minimum Gasteiger partial charge on any atom is -0.380 e. The van der Waals surface area contributed by atoms with Crippen LogP contribution in [0.15, 0.2) is 36.7 Å². The van der Waals surface area contributed by atoms with Crippen LogP contribution in [0.25, 0.3) is 0 Å². The topological polar surface area (TPSA) is 46.0 Å². The fourth-order valence-corrected chi connectivity index (χ4v) is 1.63. The van der Waals surface area contributed by atoms with Crippen LogP contribution in [0, 0.1) is 6.92 Å². The number of aromatic nitrogens is 2. The van der Waals surface area contributed by atoms with Gasteiger partial charge in [0, 0.05) is 12.4 Å². The van der Waals surface area contributed by atoms with Crippen molar-refractivity contribution < 1.29 is 5.11 Å². The van der Waals surface area contributed by atoms with Crippen LogP contribution in [0.4, 0.5) is 0 Å². The van der Waals surface area contributed by atoms with Crippen molar-refractivity contribution in [3.05, 3.63) is 59.2 Å². The molecule has 0 amide bonds. The molecule has 1 N–H and O–H groups in total. The van der Waals surface area contributed by atoms with Gasteiger partial charge in [-0.15, -0.1) is 0 Å². The molecule has 0 radical (unpaired) electrons. The molecule has 1 atom stereocenters. The maximum Gasteiger partial charge on any atom is 0.161 e. The molecular weight excluding hydrogens is 212 g/mol. The van der Waals surface area contributed by atoms with E-state index in [4.69, 9.17) is 0 Å². The first-order valence-electron chi connectivity index (χ1n) is 5.76. The second-order valence-corrected chi connectivity index (χ2v) is 4.12. The third-order valence-corrected chi connectivity index (χ3v) is 2.75. The van der Waals surface area contributed by atoms with E-state index in [2.05, 4.69) is 16.9 Å². The number of rotatable bonds is 3. The van der Waals surface area contributed by atoms with Gasteiger partial charge in [0.05, 0.1) is 0 Å². The van der Waals surface area contributed by atoms with Crippen LogP contribution in [-0.2, 0) is 6.42 Å². The molecular formula is C14H16N2O. The summed E-state index contributed by atoms with van der Waals surface area (Å²) in [5.74, 6) is 0.444. The van der Waals surface area contributed by atoms with Gasteiger partial charge in [0.15, 0.2) is 5.82 Å². The van der Waals surface area contributed by atoms with E-state index >= 15 is 0 Å². The van der Waals surface area contributed by atoms with Crippen molar-refractivity contribution in [2.24, 2.45) is 0 Å². The molecule has 0 aliphatic heterocycles. The smallest absolute Gasteiger partial charge is 0.161 e.